The molecule has 0 bridgehead atoms. The van der Waals surface area contributed by atoms with Crippen LogP contribution in [0.5, 0.6) is 5.75 Å². The van der Waals surface area contributed by atoms with E-state index in [0.29, 0.717) is 31.1 Å². The highest BCUT2D eigenvalue weighted by Crippen LogP contribution is 2.23. The van der Waals surface area contributed by atoms with Crippen molar-refractivity contribution in [2.75, 3.05) is 19.8 Å². The first-order valence-corrected chi connectivity index (χ1v) is 5.22. The van der Waals surface area contributed by atoms with Crippen LogP contribution in [0.25, 0.3) is 0 Å². The Kier molecular flexibility index (Phi) is 3.54. The molecular weight excluding hydrogens is 208 g/mol. The molecule has 2 rings (SSSR count). The lowest BCUT2D eigenvalue weighted by molar-refractivity contribution is -0.171. The van der Waals surface area contributed by atoms with Gasteiger partial charge >= 0.3 is 0 Å². The van der Waals surface area contributed by atoms with Gasteiger partial charge in [0.25, 0.3) is 0 Å². The van der Waals surface area contributed by atoms with Crippen molar-refractivity contribution in [3.8, 4) is 5.75 Å². The maximum absolute atomic E-state index is 10.9. The highest BCUT2D eigenvalue weighted by atomic mass is 16.7. The molecule has 1 aromatic rings. The van der Waals surface area contributed by atoms with Gasteiger partial charge in [-0.25, -0.2) is 0 Å². The fourth-order valence-electron chi connectivity index (χ4n) is 1.59. The van der Waals surface area contributed by atoms with E-state index in [1.54, 1.807) is 6.07 Å². The largest absolute Gasteiger partial charge is 0.461 e. The molecule has 86 valence electrons. The minimum atomic E-state index is -0.423. The van der Waals surface area contributed by atoms with Crippen LogP contribution in [-0.2, 0) is 9.47 Å². The number of carbonyl (C=O) groups excluding carboxylic acids is 1. The number of aldehydes is 1. The zero-order valence-corrected chi connectivity index (χ0v) is 9.14. The number of hydrogen-bond acceptors (Lipinski definition) is 4. The Morgan fingerprint density at radius 3 is 3.00 bits per heavy atom. The lowest BCUT2D eigenvalue weighted by Crippen LogP contribution is -2.33. The van der Waals surface area contributed by atoms with Crippen molar-refractivity contribution in [2.45, 2.75) is 13.2 Å². The fraction of sp³-hybridized carbons (Fsp3) is 0.417. The summed E-state index contributed by atoms with van der Waals surface area (Å²) in [7, 11) is 0. The zero-order valence-electron chi connectivity index (χ0n) is 9.14. The average Bonchev–Trinajstić information content (AvgIpc) is 2.33. The lowest BCUT2D eigenvalue weighted by Gasteiger charge is -2.25. The second kappa shape index (κ2) is 5.09. The Labute approximate surface area is 94.1 Å². The summed E-state index contributed by atoms with van der Waals surface area (Å²) >= 11 is 0. The van der Waals surface area contributed by atoms with Crippen LogP contribution < -0.4 is 4.74 Å². The van der Waals surface area contributed by atoms with Gasteiger partial charge in [0.05, 0.1) is 18.8 Å². The van der Waals surface area contributed by atoms with Gasteiger partial charge in [0.15, 0.2) is 6.29 Å². The summed E-state index contributed by atoms with van der Waals surface area (Å²) in [5.74, 6) is 0.577. The van der Waals surface area contributed by atoms with Gasteiger partial charge in [-0.2, -0.15) is 0 Å². The summed E-state index contributed by atoms with van der Waals surface area (Å²) in [6, 6.07) is 5.44. The Hall–Kier alpha value is -1.39. The van der Waals surface area contributed by atoms with Crippen LogP contribution in [0.1, 0.15) is 15.9 Å². The number of hydrogen-bond donors (Lipinski definition) is 0. The lowest BCUT2D eigenvalue weighted by atomic mass is 10.1. The molecule has 0 aliphatic carbocycles. The second-order valence-electron chi connectivity index (χ2n) is 3.60. The SMILES string of the molecule is Cc1cccc(C=O)c1OC1COCCO1. The van der Waals surface area contributed by atoms with Crippen molar-refractivity contribution in [1.29, 1.82) is 0 Å². The first-order valence-electron chi connectivity index (χ1n) is 5.22. The summed E-state index contributed by atoms with van der Waals surface area (Å²) in [5.41, 5.74) is 1.45. The summed E-state index contributed by atoms with van der Waals surface area (Å²) < 4.78 is 16.2. The first kappa shape index (κ1) is 11.1. The third-order valence-corrected chi connectivity index (χ3v) is 2.40. The minimum absolute atomic E-state index is 0.395. The zero-order chi connectivity index (χ0) is 11.4. The van der Waals surface area contributed by atoms with E-state index in [9.17, 15) is 4.79 Å². The molecule has 1 fully saturated rings. The van der Waals surface area contributed by atoms with Gasteiger partial charge in [0, 0.05) is 0 Å². The molecule has 4 heteroatoms. The van der Waals surface area contributed by atoms with Gasteiger partial charge in [-0.1, -0.05) is 12.1 Å². The number of aryl methyl sites for hydroxylation is 1. The van der Waals surface area contributed by atoms with Crippen molar-refractivity contribution in [3.63, 3.8) is 0 Å². The third kappa shape index (κ3) is 2.40. The molecular formula is C12H14O4. The van der Waals surface area contributed by atoms with Gasteiger partial charge in [-0.3, -0.25) is 4.79 Å². The molecule has 0 aromatic heterocycles. The number of rotatable bonds is 3. The first-order chi connectivity index (χ1) is 7.81. The minimum Gasteiger partial charge on any atom is -0.461 e. The molecule has 1 aromatic carbocycles. The van der Waals surface area contributed by atoms with E-state index in [1.165, 1.54) is 0 Å². The van der Waals surface area contributed by atoms with Crippen molar-refractivity contribution in [3.05, 3.63) is 29.3 Å². The van der Waals surface area contributed by atoms with Crippen LogP contribution in [0.15, 0.2) is 18.2 Å². The summed E-state index contributed by atoms with van der Waals surface area (Å²) in [6.45, 7) is 3.40. The van der Waals surface area contributed by atoms with Crippen LogP contribution in [0.3, 0.4) is 0 Å². The number of ether oxygens (including phenoxy) is 3. The molecule has 0 amide bonds. The van der Waals surface area contributed by atoms with Gasteiger partial charge < -0.3 is 14.2 Å². The van der Waals surface area contributed by atoms with Gasteiger partial charge in [-0.05, 0) is 18.6 Å². The Morgan fingerprint density at radius 2 is 2.31 bits per heavy atom. The Morgan fingerprint density at radius 1 is 1.44 bits per heavy atom. The molecule has 0 radical (unpaired) electrons. The molecule has 0 N–H and O–H groups in total. The van der Waals surface area contributed by atoms with Crippen LogP contribution in [0.2, 0.25) is 0 Å². The predicted octanol–water partition coefficient (Wildman–Crippen LogP) is 1.56. The fourth-order valence-corrected chi connectivity index (χ4v) is 1.59. The number of carbonyl (C=O) groups is 1. The van der Waals surface area contributed by atoms with E-state index in [4.69, 9.17) is 14.2 Å². The van der Waals surface area contributed by atoms with E-state index in [0.717, 1.165) is 11.8 Å². The van der Waals surface area contributed by atoms with E-state index < -0.39 is 6.29 Å². The van der Waals surface area contributed by atoms with Crippen molar-refractivity contribution < 1.29 is 19.0 Å². The number of benzene rings is 1. The number of para-hydroxylation sites is 1. The summed E-state index contributed by atoms with van der Waals surface area (Å²) in [6.07, 6.45) is 0.361. The average molecular weight is 222 g/mol. The highest BCUT2D eigenvalue weighted by molar-refractivity contribution is 5.80. The van der Waals surface area contributed by atoms with E-state index in [2.05, 4.69) is 0 Å². The van der Waals surface area contributed by atoms with Gasteiger partial charge in [-0.15, -0.1) is 0 Å². The van der Waals surface area contributed by atoms with E-state index >= 15 is 0 Å². The molecule has 1 aliphatic rings. The maximum atomic E-state index is 10.9. The summed E-state index contributed by atoms with van der Waals surface area (Å²) in [4.78, 5) is 10.9. The molecule has 1 atom stereocenters. The highest BCUT2D eigenvalue weighted by Gasteiger charge is 2.18. The Balaban J connectivity index is 2.15. The van der Waals surface area contributed by atoms with Crippen LogP contribution in [0, 0.1) is 6.92 Å². The smallest absolute Gasteiger partial charge is 0.223 e. The van der Waals surface area contributed by atoms with Crippen molar-refractivity contribution in [2.24, 2.45) is 0 Å². The Bertz CT molecular complexity index is 369. The molecule has 4 nitrogen and oxygen atoms in total. The predicted molar refractivity (Wildman–Crippen MR) is 57.8 cm³/mol. The molecule has 1 aliphatic heterocycles. The molecule has 1 unspecified atom stereocenters. The molecule has 1 heterocycles. The molecule has 0 saturated carbocycles. The quantitative estimate of drug-likeness (QED) is 0.728. The monoisotopic (exact) mass is 222 g/mol. The molecule has 16 heavy (non-hydrogen) atoms. The van der Waals surface area contributed by atoms with E-state index in [1.807, 2.05) is 19.1 Å². The standard InChI is InChI=1S/C12H14O4/c1-9-3-2-4-10(7-13)12(9)16-11-8-14-5-6-15-11/h2-4,7,11H,5-6,8H2,1H3. The second-order valence-corrected chi connectivity index (χ2v) is 3.60. The normalized spacial score (nSPS) is 20.4. The van der Waals surface area contributed by atoms with Gasteiger partial charge in [0.2, 0.25) is 6.29 Å². The molecule has 0 spiro atoms. The topological polar surface area (TPSA) is 44.8 Å². The summed E-state index contributed by atoms with van der Waals surface area (Å²) in [5, 5.41) is 0. The van der Waals surface area contributed by atoms with Crippen LogP contribution in [-0.4, -0.2) is 32.4 Å². The van der Waals surface area contributed by atoms with Crippen LogP contribution >= 0.6 is 0 Å². The van der Waals surface area contributed by atoms with Crippen LogP contribution in [0.4, 0.5) is 0 Å². The van der Waals surface area contributed by atoms with E-state index in [-0.39, 0.29) is 0 Å². The third-order valence-electron chi connectivity index (χ3n) is 2.40. The van der Waals surface area contributed by atoms with Gasteiger partial charge in [0.1, 0.15) is 12.4 Å². The van der Waals surface area contributed by atoms with Crippen molar-refractivity contribution in [1.82, 2.24) is 0 Å². The van der Waals surface area contributed by atoms with Crippen molar-refractivity contribution >= 4 is 6.29 Å². The molecule has 1 saturated heterocycles. The maximum Gasteiger partial charge on any atom is 0.223 e.